The van der Waals surface area contributed by atoms with E-state index in [1.54, 1.807) is 12.4 Å². The van der Waals surface area contributed by atoms with Crippen LogP contribution < -0.4 is 4.74 Å². The average molecular weight is 515 g/mol. The Bertz CT molecular complexity index is 1040. The van der Waals surface area contributed by atoms with E-state index in [2.05, 4.69) is 48.1 Å². The van der Waals surface area contributed by atoms with Gasteiger partial charge in [0.1, 0.15) is 0 Å². The summed E-state index contributed by atoms with van der Waals surface area (Å²) in [5.74, 6) is 0.596. The maximum absolute atomic E-state index is 12.6. The summed E-state index contributed by atoms with van der Waals surface area (Å²) in [5.41, 5.74) is 4.12. The zero-order chi connectivity index (χ0) is 26.8. The van der Waals surface area contributed by atoms with Crippen LogP contribution in [-0.4, -0.2) is 15.9 Å². The predicted octanol–water partition coefficient (Wildman–Crippen LogP) is 9.56. The molecule has 0 unspecified atom stereocenters. The third kappa shape index (κ3) is 10.8. The lowest BCUT2D eigenvalue weighted by molar-refractivity contribution is 0.0733. The molecule has 3 aromatic rings. The molecule has 0 radical (unpaired) electrons. The second kappa shape index (κ2) is 17.5. The monoisotopic (exact) mass is 514 g/mol. The number of unbranched alkanes of at least 4 members (excludes halogenated alkanes) is 11. The Balaban J connectivity index is 1.41. The van der Waals surface area contributed by atoms with Gasteiger partial charge in [-0.2, -0.15) is 0 Å². The van der Waals surface area contributed by atoms with E-state index in [0.717, 1.165) is 18.4 Å². The molecule has 0 bridgehead atoms. The van der Waals surface area contributed by atoms with Crippen molar-refractivity contribution < 1.29 is 9.53 Å². The summed E-state index contributed by atoms with van der Waals surface area (Å²) in [6, 6.07) is 16.2. The van der Waals surface area contributed by atoms with Crippen molar-refractivity contribution in [3.63, 3.8) is 0 Å². The minimum absolute atomic E-state index is 0.352. The van der Waals surface area contributed by atoms with Crippen molar-refractivity contribution in [2.45, 2.75) is 110 Å². The van der Waals surface area contributed by atoms with Crippen LogP contribution in [0.3, 0.4) is 0 Å². The lowest BCUT2D eigenvalue weighted by atomic mass is 10.0. The van der Waals surface area contributed by atoms with Crippen LogP contribution in [0.4, 0.5) is 0 Å². The summed E-state index contributed by atoms with van der Waals surface area (Å²) in [4.78, 5) is 21.4. The number of hydrogen-bond donors (Lipinski definition) is 0. The molecule has 4 nitrogen and oxygen atoms in total. The van der Waals surface area contributed by atoms with Gasteiger partial charge in [-0.3, -0.25) is 0 Å². The molecule has 38 heavy (non-hydrogen) atoms. The first-order chi connectivity index (χ1) is 18.7. The van der Waals surface area contributed by atoms with E-state index in [1.807, 2.05) is 24.3 Å². The first kappa shape index (κ1) is 29.5. The largest absolute Gasteiger partial charge is 0.420 e. The van der Waals surface area contributed by atoms with E-state index in [1.165, 1.54) is 94.6 Å². The summed E-state index contributed by atoms with van der Waals surface area (Å²) < 4.78 is 5.51. The third-order valence-electron chi connectivity index (χ3n) is 7.13. The van der Waals surface area contributed by atoms with Crippen LogP contribution >= 0.6 is 0 Å². The highest BCUT2D eigenvalue weighted by Gasteiger charge is 2.10. The van der Waals surface area contributed by atoms with Gasteiger partial charge in [0.2, 0.25) is 0 Å². The first-order valence-electron chi connectivity index (χ1n) is 14.9. The van der Waals surface area contributed by atoms with Gasteiger partial charge in [-0.05, 0) is 48.9 Å². The van der Waals surface area contributed by atoms with Crippen LogP contribution in [0, 0.1) is 0 Å². The topological polar surface area (TPSA) is 52.1 Å². The molecule has 0 atom stereocenters. The standard InChI is InChI=1S/C34H46N2O2/c1-3-5-7-9-11-13-15-16-28-18-22-30(23-19-28)33-35-26-32(27-36-33)38-34(37)31-24-20-29(21-25-31)17-14-12-10-8-6-4-2/h18-27H,3-17H2,1-2H3. The molecule has 4 heteroatoms. The number of carbonyl (C=O) groups is 1. The van der Waals surface area contributed by atoms with E-state index in [-0.39, 0.29) is 5.97 Å². The Hall–Kier alpha value is -3.01. The Labute approximate surface area is 230 Å². The fourth-order valence-corrected chi connectivity index (χ4v) is 4.71. The number of ether oxygens (including phenoxy) is 1. The van der Waals surface area contributed by atoms with Crippen molar-refractivity contribution in [2.24, 2.45) is 0 Å². The highest BCUT2D eigenvalue weighted by atomic mass is 16.5. The van der Waals surface area contributed by atoms with Gasteiger partial charge in [0.05, 0.1) is 18.0 Å². The number of benzene rings is 2. The van der Waals surface area contributed by atoms with Crippen LogP contribution in [0.5, 0.6) is 5.75 Å². The minimum atomic E-state index is -0.387. The number of aromatic nitrogens is 2. The maximum atomic E-state index is 12.6. The molecule has 204 valence electrons. The van der Waals surface area contributed by atoms with Gasteiger partial charge < -0.3 is 4.74 Å². The number of nitrogens with zero attached hydrogens (tertiary/aromatic N) is 2. The summed E-state index contributed by atoms with van der Waals surface area (Å²) in [6.45, 7) is 4.50. The molecule has 0 amide bonds. The molecule has 0 fully saturated rings. The van der Waals surface area contributed by atoms with Crippen molar-refractivity contribution in [3.8, 4) is 17.1 Å². The number of rotatable bonds is 18. The summed E-state index contributed by atoms with van der Waals surface area (Å²) >= 11 is 0. The van der Waals surface area contributed by atoms with Crippen molar-refractivity contribution in [1.82, 2.24) is 9.97 Å². The van der Waals surface area contributed by atoms with E-state index >= 15 is 0 Å². The van der Waals surface area contributed by atoms with Gasteiger partial charge in [0.25, 0.3) is 0 Å². The Morgan fingerprint density at radius 1 is 0.605 bits per heavy atom. The van der Waals surface area contributed by atoms with E-state index in [9.17, 15) is 4.79 Å². The van der Waals surface area contributed by atoms with Gasteiger partial charge in [0, 0.05) is 5.56 Å². The lowest BCUT2D eigenvalue weighted by Gasteiger charge is -2.07. The van der Waals surface area contributed by atoms with Gasteiger partial charge >= 0.3 is 5.97 Å². The number of esters is 1. The van der Waals surface area contributed by atoms with Gasteiger partial charge in [0.15, 0.2) is 11.6 Å². The molecule has 1 heterocycles. The quantitative estimate of drug-likeness (QED) is 0.125. The zero-order valence-electron chi connectivity index (χ0n) is 23.6. The first-order valence-corrected chi connectivity index (χ1v) is 14.9. The minimum Gasteiger partial charge on any atom is -0.420 e. The highest BCUT2D eigenvalue weighted by molar-refractivity contribution is 5.91. The number of carbonyl (C=O) groups excluding carboxylic acids is 1. The number of hydrogen-bond acceptors (Lipinski definition) is 4. The normalized spacial score (nSPS) is 11.0. The smallest absolute Gasteiger partial charge is 0.343 e. The van der Waals surface area contributed by atoms with E-state index in [0.29, 0.717) is 17.1 Å². The van der Waals surface area contributed by atoms with Gasteiger partial charge in [-0.1, -0.05) is 121 Å². The number of aryl methyl sites for hydroxylation is 2. The zero-order valence-corrected chi connectivity index (χ0v) is 23.6. The Kier molecular flexibility index (Phi) is 13.6. The molecule has 3 rings (SSSR count). The van der Waals surface area contributed by atoms with Crippen molar-refractivity contribution >= 4 is 5.97 Å². The van der Waals surface area contributed by atoms with Crippen molar-refractivity contribution in [3.05, 3.63) is 77.6 Å². The second-order valence-corrected chi connectivity index (χ2v) is 10.4. The predicted molar refractivity (Wildman–Crippen MR) is 158 cm³/mol. The van der Waals surface area contributed by atoms with Crippen molar-refractivity contribution in [2.75, 3.05) is 0 Å². The molecule has 0 aliphatic carbocycles. The average Bonchev–Trinajstić information content (AvgIpc) is 2.95. The van der Waals surface area contributed by atoms with Crippen LogP contribution in [0.25, 0.3) is 11.4 Å². The molecular formula is C34H46N2O2. The Morgan fingerprint density at radius 2 is 1.05 bits per heavy atom. The molecule has 2 aromatic carbocycles. The molecule has 1 aromatic heterocycles. The van der Waals surface area contributed by atoms with Crippen molar-refractivity contribution in [1.29, 1.82) is 0 Å². The molecule has 0 saturated carbocycles. The fourth-order valence-electron chi connectivity index (χ4n) is 4.71. The van der Waals surface area contributed by atoms with Crippen LogP contribution in [0.15, 0.2) is 60.9 Å². The van der Waals surface area contributed by atoms with E-state index in [4.69, 9.17) is 4.74 Å². The summed E-state index contributed by atoms with van der Waals surface area (Å²) in [5, 5.41) is 0. The second-order valence-electron chi connectivity index (χ2n) is 10.4. The summed E-state index contributed by atoms with van der Waals surface area (Å²) in [6.07, 6.45) is 22.3. The van der Waals surface area contributed by atoms with Crippen LogP contribution in [-0.2, 0) is 12.8 Å². The lowest BCUT2D eigenvalue weighted by Crippen LogP contribution is -2.09. The van der Waals surface area contributed by atoms with Gasteiger partial charge in [-0.15, -0.1) is 0 Å². The molecule has 0 saturated heterocycles. The SMILES string of the molecule is CCCCCCCCCc1ccc(-c2ncc(OC(=O)c3ccc(CCCCCCCC)cc3)cn2)cc1. The molecule has 0 aliphatic rings. The van der Waals surface area contributed by atoms with Gasteiger partial charge in [-0.25, -0.2) is 14.8 Å². The fraction of sp³-hybridized carbons (Fsp3) is 0.500. The molecule has 0 N–H and O–H groups in total. The third-order valence-corrected chi connectivity index (χ3v) is 7.13. The Morgan fingerprint density at radius 3 is 1.55 bits per heavy atom. The van der Waals surface area contributed by atoms with E-state index < -0.39 is 0 Å². The van der Waals surface area contributed by atoms with Crippen LogP contribution in [0.1, 0.15) is 119 Å². The summed E-state index contributed by atoms with van der Waals surface area (Å²) in [7, 11) is 0. The van der Waals surface area contributed by atoms with Crippen LogP contribution in [0.2, 0.25) is 0 Å². The maximum Gasteiger partial charge on any atom is 0.343 e. The molecular weight excluding hydrogens is 468 g/mol. The highest BCUT2D eigenvalue weighted by Crippen LogP contribution is 2.20. The molecule has 0 aliphatic heterocycles. The molecule has 0 spiro atoms.